The lowest BCUT2D eigenvalue weighted by atomic mass is 10.1. The molecule has 0 aliphatic carbocycles. The fraction of sp³-hybridized carbons (Fsp3) is 0.417. The Morgan fingerprint density at radius 2 is 2.28 bits per heavy atom. The number of nitrogens with one attached hydrogen (secondary N) is 1. The van der Waals surface area contributed by atoms with Crippen molar-refractivity contribution in [1.82, 2.24) is 10.2 Å². The van der Waals surface area contributed by atoms with Crippen LogP contribution in [0.2, 0.25) is 0 Å². The monoisotopic (exact) mass is 316 g/mol. The lowest BCUT2D eigenvalue weighted by Gasteiger charge is -2.26. The molecule has 1 saturated heterocycles. The molecule has 4 nitrogen and oxygen atoms in total. The summed E-state index contributed by atoms with van der Waals surface area (Å²) in [5, 5.41) is 12.7. The summed E-state index contributed by atoms with van der Waals surface area (Å²) in [6.45, 7) is 0.965. The molecule has 2 atom stereocenters. The SMILES string of the molecule is CN(C(=O)c1ccc(Br)cc1F)[C@H]1CNC[C@@H]1O. The molecule has 0 bridgehead atoms. The highest BCUT2D eigenvalue weighted by Crippen LogP contribution is 2.18. The van der Waals surface area contributed by atoms with Crippen LogP contribution in [0.3, 0.4) is 0 Å². The third-order valence-corrected chi connectivity index (χ3v) is 3.62. The molecule has 0 unspecified atom stereocenters. The fourth-order valence-electron chi connectivity index (χ4n) is 2.05. The highest BCUT2D eigenvalue weighted by atomic mass is 79.9. The van der Waals surface area contributed by atoms with Gasteiger partial charge >= 0.3 is 0 Å². The van der Waals surface area contributed by atoms with Crippen molar-refractivity contribution >= 4 is 21.8 Å². The molecule has 0 aromatic heterocycles. The van der Waals surface area contributed by atoms with Gasteiger partial charge in [-0.1, -0.05) is 15.9 Å². The highest BCUT2D eigenvalue weighted by molar-refractivity contribution is 9.10. The van der Waals surface area contributed by atoms with E-state index in [2.05, 4.69) is 21.2 Å². The van der Waals surface area contributed by atoms with Crippen LogP contribution in [0, 0.1) is 5.82 Å². The molecule has 18 heavy (non-hydrogen) atoms. The number of rotatable bonds is 2. The number of hydrogen-bond acceptors (Lipinski definition) is 3. The maximum Gasteiger partial charge on any atom is 0.256 e. The van der Waals surface area contributed by atoms with Crippen molar-refractivity contribution in [2.45, 2.75) is 12.1 Å². The number of carbonyl (C=O) groups excluding carboxylic acids is 1. The van der Waals surface area contributed by atoms with Crippen molar-refractivity contribution in [3.8, 4) is 0 Å². The highest BCUT2D eigenvalue weighted by Gasteiger charge is 2.32. The standard InChI is InChI=1S/C12H14BrFN2O2/c1-16(10-5-15-6-11(10)17)12(18)8-3-2-7(13)4-9(8)14/h2-4,10-11,15,17H,5-6H2,1H3/t10-,11-/m0/s1. The predicted molar refractivity (Wildman–Crippen MR) is 68.9 cm³/mol. The molecule has 98 valence electrons. The average molecular weight is 317 g/mol. The van der Waals surface area contributed by atoms with Gasteiger partial charge in [-0.25, -0.2) is 4.39 Å². The Bertz CT molecular complexity index is 469. The van der Waals surface area contributed by atoms with Crippen LogP contribution in [0.5, 0.6) is 0 Å². The first-order chi connectivity index (χ1) is 8.50. The first-order valence-electron chi connectivity index (χ1n) is 5.61. The molecule has 1 amide bonds. The van der Waals surface area contributed by atoms with Crippen LogP contribution >= 0.6 is 15.9 Å². The number of halogens is 2. The molecule has 0 spiro atoms. The average Bonchev–Trinajstić information content (AvgIpc) is 2.74. The molecule has 2 N–H and O–H groups in total. The van der Waals surface area contributed by atoms with E-state index in [-0.39, 0.29) is 11.6 Å². The molecule has 2 rings (SSSR count). The number of nitrogens with zero attached hydrogens (tertiary/aromatic N) is 1. The molecule has 1 aromatic carbocycles. The van der Waals surface area contributed by atoms with Crippen LogP contribution in [0.4, 0.5) is 4.39 Å². The Morgan fingerprint density at radius 3 is 2.83 bits per heavy atom. The number of β-amino-alcohol motifs (C(OH)–C–C–N with tert-alkyl or cyclic N) is 1. The van der Waals surface area contributed by atoms with Gasteiger partial charge < -0.3 is 15.3 Å². The zero-order valence-electron chi connectivity index (χ0n) is 9.86. The van der Waals surface area contributed by atoms with E-state index in [1.165, 1.54) is 17.0 Å². The van der Waals surface area contributed by atoms with Crippen molar-refractivity contribution in [2.75, 3.05) is 20.1 Å². The molecule has 0 saturated carbocycles. The van der Waals surface area contributed by atoms with Gasteiger partial charge in [-0.15, -0.1) is 0 Å². The van der Waals surface area contributed by atoms with Crippen molar-refractivity contribution in [3.63, 3.8) is 0 Å². The molecule has 1 aromatic rings. The molecular weight excluding hydrogens is 303 g/mol. The number of benzene rings is 1. The maximum absolute atomic E-state index is 13.7. The zero-order valence-corrected chi connectivity index (χ0v) is 11.4. The van der Waals surface area contributed by atoms with Crippen molar-refractivity contribution in [2.24, 2.45) is 0 Å². The summed E-state index contributed by atoms with van der Waals surface area (Å²) in [7, 11) is 1.57. The van der Waals surface area contributed by atoms with Gasteiger partial charge in [0.1, 0.15) is 5.82 Å². The lowest BCUT2D eigenvalue weighted by molar-refractivity contribution is 0.0577. The minimum absolute atomic E-state index is 0.0137. The van der Waals surface area contributed by atoms with E-state index in [0.717, 1.165) is 0 Å². The number of likely N-dealkylation sites (N-methyl/N-ethyl adjacent to an activating group) is 1. The summed E-state index contributed by atoms with van der Waals surface area (Å²) in [6.07, 6.45) is -0.613. The van der Waals surface area contributed by atoms with Crippen LogP contribution in [-0.2, 0) is 0 Å². The predicted octanol–water partition coefficient (Wildman–Crippen LogP) is 0.993. The van der Waals surface area contributed by atoms with Gasteiger partial charge in [0, 0.05) is 24.6 Å². The topological polar surface area (TPSA) is 52.6 Å². The molecular formula is C12H14BrFN2O2. The third kappa shape index (κ3) is 2.55. The summed E-state index contributed by atoms with van der Waals surface area (Å²) >= 11 is 3.14. The Balaban J connectivity index is 2.20. The summed E-state index contributed by atoms with van der Waals surface area (Å²) < 4.78 is 14.3. The second-order valence-corrected chi connectivity index (χ2v) is 5.25. The lowest BCUT2D eigenvalue weighted by Crippen LogP contribution is -2.44. The van der Waals surface area contributed by atoms with E-state index in [0.29, 0.717) is 17.6 Å². The quantitative estimate of drug-likeness (QED) is 0.855. The zero-order chi connectivity index (χ0) is 13.3. The fourth-order valence-corrected chi connectivity index (χ4v) is 2.38. The molecule has 0 radical (unpaired) electrons. The van der Waals surface area contributed by atoms with Crippen LogP contribution in [-0.4, -0.2) is 48.2 Å². The van der Waals surface area contributed by atoms with Gasteiger partial charge in [0.2, 0.25) is 0 Å². The first kappa shape index (κ1) is 13.5. The maximum atomic E-state index is 13.7. The molecule has 6 heteroatoms. The van der Waals surface area contributed by atoms with Crippen LogP contribution in [0.15, 0.2) is 22.7 Å². The van der Waals surface area contributed by atoms with E-state index in [1.54, 1.807) is 13.1 Å². The number of amides is 1. The van der Waals surface area contributed by atoms with Gasteiger partial charge in [-0.2, -0.15) is 0 Å². The summed E-state index contributed by atoms with van der Waals surface area (Å²) in [5.41, 5.74) is 0.0137. The minimum atomic E-state index is -0.613. The van der Waals surface area contributed by atoms with Crippen molar-refractivity contribution < 1.29 is 14.3 Å². The number of aliphatic hydroxyl groups excluding tert-OH is 1. The smallest absolute Gasteiger partial charge is 0.256 e. The van der Waals surface area contributed by atoms with Crippen molar-refractivity contribution in [1.29, 1.82) is 0 Å². The summed E-state index contributed by atoms with van der Waals surface area (Å²) in [4.78, 5) is 13.5. The molecule has 1 aliphatic rings. The Labute approximate surface area is 113 Å². The van der Waals surface area contributed by atoms with E-state index in [1.807, 2.05) is 0 Å². The second-order valence-electron chi connectivity index (χ2n) is 4.33. The summed E-state index contributed by atoms with van der Waals surface area (Å²) in [5.74, 6) is -0.991. The Morgan fingerprint density at radius 1 is 1.56 bits per heavy atom. The number of hydrogen-bond donors (Lipinski definition) is 2. The van der Waals surface area contributed by atoms with E-state index >= 15 is 0 Å². The van der Waals surface area contributed by atoms with Gasteiger partial charge in [0.05, 0.1) is 17.7 Å². The number of carbonyl (C=O) groups is 1. The van der Waals surface area contributed by atoms with Crippen LogP contribution in [0.1, 0.15) is 10.4 Å². The summed E-state index contributed by atoms with van der Waals surface area (Å²) in [6, 6.07) is 3.99. The van der Waals surface area contributed by atoms with E-state index < -0.39 is 17.8 Å². The normalized spacial score (nSPS) is 23.1. The van der Waals surface area contributed by atoms with E-state index in [4.69, 9.17) is 0 Å². The minimum Gasteiger partial charge on any atom is -0.390 e. The number of aliphatic hydroxyl groups is 1. The molecule has 1 aliphatic heterocycles. The van der Waals surface area contributed by atoms with Crippen molar-refractivity contribution in [3.05, 3.63) is 34.1 Å². The van der Waals surface area contributed by atoms with E-state index in [9.17, 15) is 14.3 Å². The van der Waals surface area contributed by atoms with Gasteiger partial charge in [-0.3, -0.25) is 4.79 Å². The first-order valence-corrected chi connectivity index (χ1v) is 6.41. The van der Waals surface area contributed by atoms with Gasteiger partial charge in [0.25, 0.3) is 5.91 Å². The second kappa shape index (κ2) is 5.34. The van der Waals surface area contributed by atoms with Crippen LogP contribution in [0.25, 0.3) is 0 Å². The van der Waals surface area contributed by atoms with Gasteiger partial charge in [0.15, 0.2) is 0 Å². The largest absolute Gasteiger partial charge is 0.390 e. The Kier molecular flexibility index (Phi) is 3.99. The Hall–Kier alpha value is -0.980. The van der Waals surface area contributed by atoms with Gasteiger partial charge in [-0.05, 0) is 18.2 Å². The molecule has 1 heterocycles. The third-order valence-electron chi connectivity index (χ3n) is 3.13. The molecule has 1 fully saturated rings. The van der Waals surface area contributed by atoms with Crippen LogP contribution < -0.4 is 5.32 Å².